The molecule has 0 radical (unpaired) electrons. The molecule has 0 saturated carbocycles. The molecule has 0 aromatic carbocycles. The normalized spacial score (nSPS) is 19.8. The van der Waals surface area contributed by atoms with E-state index in [1.165, 1.54) is 28.8 Å². The molecule has 2 atom stereocenters. The Morgan fingerprint density at radius 2 is 1.98 bits per heavy atom. The van der Waals surface area contributed by atoms with Gasteiger partial charge in [0, 0.05) is 45.3 Å². The number of aryl methyl sites for hydroxylation is 1. The predicted molar refractivity (Wildman–Crippen MR) is 160 cm³/mol. The zero-order chi connectivity index (χ0) is 32.4. The van der Waals surface area contributed by atoms with Gasteiger partial charge in [0.25, 0.3) is 5.78 Å². The van der Waals surface area contributed by atoms with Crippen molar-refractivity contribution >= 4 is 39.0 Å². The molecule has 0 amide bonds. The van der Waals surface area contributed by atoms with Gasteiger partial charge in [-0.25, -0.2) is 22.1 Å². The monoisotopic (exact) mass is 655 g/mol. The summed E-state index contributed by atoms with van der Waals surface area (Å²) in [6.07, 6.45) is -0.123. The van der Waals surface area contributed by atoms with E-state index in [0.29, 0.717) is 60.5 Å². The summed E-state index contributed by atoms with van der Waals surface area (Å²) in [5.41, 5.74) is 7.47. The molecule has 2 aromatic rings. The van der Waals surface area contributed by atoms with Crippen molar-refractivity contribution in [1.82, 2.24) is 18.9 Å². The second kappa shape index (κ2) is 13.3. The van der Waals surface area contributed by atoms with Crippen molar-refractivity contribution in [2.75, 3.05) is 31.3 Å². The Kier molecular flexibility index (Phi) is 10.1. The molecule has 2 aromatic heterocycles. The maximum Gasteiger partial charge on any atom is 0.455 e. The number of nitrogens with zero attached hydrogens (tertiary/aromatic N) is 6. The van der Waals surface area contributed by atoms with E-state index in [1.54, 1.807) is 29.5 Å². The Morgan fingerprint density at radius 3 is 2.55 bits per heavy atom. The SMILES string of the molecule is CC(S/C(C(=O)C(F)(F)F)=C(\N)C1=CCC(F)C=C1)N(C)c1c(CCC#N)nc2ccc(C3CCN(S(C)(=O)=O)CC3)nn12. The van der Waals surface area contributed by atoms with Gasteiger partial charge in [-0.3, -0.25) is 4.79 Å². The number of nitrogens with two attached hydrogens (primary N) is 1. The number of thioether (sulfide) groups is 1. The first-order chi connectivity index (χ1) is 20.6. The lowest BCUT2D eigenvalue weighted by molar-refractivity contribution is -0.165. The molecule has 1 saturated heterocycles. The van der Waals surface area contributed by atoms with E-state index in [0.717, 1.165) is 0 Å². The van der Waals surface area contributed by atoms with Crippen molar-refractivity contribution in [3.63, 3.8) is 0 Å². The third kappa shape index (κ3) is 7.44. The maximum absolute atomic E-state index is 13.7. The summed E-state index contributed by atoms with van der Waals surface area (Å²) in [5.74, 6) is -1.72. The number of ketones is 1. The molecular formula is C28H33F4N7O3S2. The Balaban J connectivity index is 1.70. The number of anilines is 1. The molecule has 0 spiro atoms. The Morgan fingerprint density at radius 1 is 1.30 bits per heavy atom. The van der Waals surface area contributed by atoms with Crippen LogP contribution < -0.4 is 10.6 Å². The van der Waals surface area contributed by atoms with E-state index in [1.807, 2.05) is 6.07 Å². The molecular weight excluding hydrogens is 622 g/mol. The topological polar surface area (TPSA) is 138 Å². The van der Waals surface area contributed by atoms with E-state index in [-0.39, 0.29) is 30.8 Å². The van der Waals surface area contributed by atoms with Gasteiger partial charge in [0.15, 0.2) is 11.5 Å². The van der Waals surface area contributed by atoms with Crippen LogP contribution in [0.3, 0.4) is 0 Å². The first-order valence-corrected chi connectivity index (χ1v) is 16.6. The summed E-state index contributed by atoms with van der Waals surface area (Å²) in [6, 6.07) is 5.65. The van der Waals surface area contributed by atoms with Crippen molar-refractivity contribution in [3.8, 4) is 6.07 Å². The average Bonchev–Trinajstić information content (AvgIpc) is 3.34. The average molecular weight is 656 g/mol. The fraction of sp³-hybridized carbons (Fsp3) is 0.500. The molecule has 16 heteroatoms. The number of piperidine rings is 1. The van der Waals surface area contributed by atoms with Gasteiger partial charge in [-0.1, -0.05) is 23.9 Å². The number of alkyl halides is 4. The lowest BCUT2D eigenvalue weighted by Crippen LogP contribution is -2.37. The summed E-state index contributed by atoms with van der Waals surface area (Å²) in [6.45, 7) is 2.30. The van der Waals surface area contributed by atoms with Gasteiger partial charge in [0.05, 0.1) is 39.7 Å². The molecule has 2 unspecified atom stereocenters. The van der Waals surface area contributed by atoms with Crippen LogP contribution in [0, 0.1) is 11.3 Å². The highest BCUT2D eigenvalue weighted by Gasteiger charge is 2.43. The van der Waals surface area contributed by atoms with Gasteiger partial charge in [-0.05, 0) is 43.5 Å². The highest BCUT2D eigenvalue weighted by molar-refractivity contribution is 8.04. The summed E-state index contributed by atoms with van der Waals surface area (Å²) < 4.78 is 81.5. The number of sulfonamides is 1. The standard InChI is InChI=1S/C28H33F4N7O3S2/c1-17(43-25(26(40)28(30,31)32)24(34)19-6-8-20(29)9-7-19)37(2)27-22(5-4-14-33)35-23-11-10-21(36-39(23)27)18-12-15-38(16-13-18)44(3,41)42/h6-8,10-11,17-18,20H,4-5,9,12-13,15-16,34H2,1-3H3/b25-24-. The number of Topliss-reactive ketones (excluding diaryl/α,β-unsaturated/α-hetero) is 1. The first-order valence-electron chi connectivity index (χ1n) is 13.9. The van der Waals surface area contributed by atoms with Crippen LogP contribution in [0.2, 0.25) is 0 Å². The van der Waals surface area contributed by atoms with E-state index in [9.17, 15) is 36.0 Å². The first kappa shape index (κ1) is 33.5. The van der Waals surface area contributed by atoms with Gasteiger partial charge in [0.1, 0.15) is 6.17 Å². The van der Waals surface area contributed by atoms with Crippen molar-refractivity contribution < 1.29 is 30.8 Å². The molecule has 4 rings (SSSR count). The molecule has 2 aliphatic rings. The van der Waals surface area contributed by atoms with Crippen LogP contribution in [-0.2, 0) is 21.2 Å². The minimum Gasteiger partial charge on any atom is -0.397 e. The van der Waals surface area contributed by atoms with Crippen molar-refractivity contribution in [1.29, 1.82) is 5.26 Å². The second-order valence-corrected chi connectivity index (χ2v) is 14.0. The zero-order valence-electron chi connectivity index (χ0n) is 24.4. The molecule has 0 bridgehead atoms. The number of halogens is 4. The smallest absolute Gasteiger partial charge is 0.397 e. The van der Waals surface area contributed by atoms with E-state index in [4.69, 9.17) is 10.8 Å². The number of nitriles is 1. The summed E-state index contributed by atoms with van der Waals surface area (Å²) in [7, 11) is -1.69. The number of hydrogen-bond acceptors (Lipinski definition) is 9. The predicted octanol–water partition coefficient (Wildman–Crippen LogP) is 4.37. The molecule has 2 N–H and O–H groups in total. The van der Waals surface area contributed by atoms with Crippen LogP contribution in [0.5, 0.6) is 0 Å². The highest BCUT2D eigenvalue weighted by Crippen LogP contribution is 2.37. The summed E-state index contributed by atoms with van der Waals surface area (Å²) in [5, 5.41) is 13.2. The molecule has 44 heavy (non-hydrogen) atoms. The maximum atomic E-state index is 13.7. The van der Waals surface area contributed by atoms with Crippen LogP contribution in [0.4, 0.5) is 23.4 Å². The lowest BCUT2D eigenvalue weighted by Gasteiger charge is -2.30. The molecule has 1 aliphatic heterocycles. The van der Waals surface area contributed by atoms with Crippen LogP contribution >= 0.6 is 11.8 Å². The molecule has 1 aliphatic carbocycles. The number of hydrogen-bond donors (Lipinski definition) is 1. The molecule has 1 fully saturated rings. The van der Waals surface area contributed by atoms with Gasteiger partial charge in [-0.15, -0.1) is 0 Å². The zero-order valence-corrected chi connectivity index (χ0v) is 26.0. The van der Waals surface area contributed by atoms with Crippen molar-refractivity contribution in [2.45, 2.75) is 62.7 Å². The Hall–Kier alpha value is -3.42. The van der Waals surface area contributed by atoms with E-state index < -0.39 is 44.1 Å². The van der Waals surface area contributed by atoms with Crippen LogP contribution in [0.15, 0.2) is 46.5 Å². The number of aromatic nitrogens is 3. The van der Waals surface area contributed by atoms with Crippen LogP contribution in [0.25, 0.3) is 5.65 Å². The fourth-order valence-corrected chi connectivity index (χ4v) is 7.03. The number of imidazole rings is 1. The minimum atomic E-state index is -5.20. The van der Waals surface area contributed by atoms with Crippen molar-refractivity contribution in [3.05, 3.63) is 57.9 Å². The number of rotatable bonds is 10. The number of carbonyl (C=O) groups excluding carboxylic acids is 1. The summed E-state index contributed by atoms with van der Waals surface area (Å²) in [4.78, 5) is 18.1. The van der Waals surface area contributed by atoms with E-state index >= 15 is 0 Å². The largest absolute Gasteiger partial charge is 0.455 e. The molecule has 10 nitrogen and oxygen atoms in total. The number of fused-ring (bicyclic) bond motifs is 1. The third-order valence-electron chi connectivity index (χ3n) is 7.59. The third-order valence-corrected chi connectivity index (χ3v) is 10.2. The van der Waals surface area contributed by atoms with Gasteiger partial charge in [-0.2, -0.15) is 28.0 Å². The quantitative estimate of drug-likeness (QED) is 0.225. The van der Waals surface area contributed by atoms with Gasteiger partial charge in [0.2, 0.25) is 10.0 Å². The second-order valence-electron chi connectivity index (χ2n) is 10.7. The number of allylic oxidation sites excluding steroid dienone is 4. The molecule has 238 valence electrons. The highest BCUT2D eigenvalue weighted by atomic mass is 32.2. The molecule has 3 heterocycles. The van der Waals surface area contributed by atoms with Gasteiger partial charge >= 0.3 is 6.18 Å². The Labute approximate surface area is 257 Å². The minimum absolute atomic E-state index is 0.0354. The lowest BCUT2D eigenvalue weighted by atomic mass is 9.94. The number of carbonyl (C=O) groups is 1. The fourth-order valence-electron chi connectivity index (χ4n) is 5.09. The van der Waals surface area contributed by atoms with E-state index in [2.05, 4.69) is 11.1 Å². The Bertz CT molecular complexity index is 1650. The van der Waals surface area contributed by atoms with Gasteiger partial charge < -0.3 is 10.6 Å². The van der Waals surface area contributed by atoms with Crippen LogP contribution in [-0.4, -0.2) is 77.2 Å². The van der Waals surface area contributed by atoms with Crippen LogP contribution in [0.1, 0.15) is 49.9 Å². The van der Waals surface area contributed by atoms with Crippen molar-refractivity contribution in [2.24, 2.45) is 5.73 Å². The summed E-state index contributed by atoms with van der Waals surface area (Å²) >= 11 is 0.611.